The van der Waals surface area contributed by atoms with Gasteiger partial charge in [-0.25, -0.2) is 4.21 Å². The van der Waals surface area contributed by atoms with Crippen molar-refractivity contribution < 1.29 is 9.32 Å². The molecule has 1 aromatic rings. The standard InChI is InChI=1S/C16H26O2SSi/c1-12(2)16(17)15(11-20(4,5)6)19(18)14-9-7-13(3)8-10-14/h7-12,16-17H,1-6H3/b15-11+/t16-,19-/m0/s1. The first-order valence-corrected chi connectivity index (χ1v) is 11.7. The van der Waals surface area contributed by atoms with Crippen molar-refractivity contribution in [2.75, 3.05) is 0 Å². The summed E-state index contributed by atoms with van der Waals surface area (Å²) in [6, 6.07) is 7.69. The van der Waals surface area contributed by atoms with E-state index in [9.17, 15) is 9.32 Å². The summed E-state index contributed by atoms with van der Waals surface area (Å²) in [6.45, 7) is 12.5. The van der Waals surface area contributed by atoms with Crippen LogP contribution in [0.1, 0.15) is 19.4 Å². The summed E-state index contributed by atoms with van der Waals surface area (Å²) in [5, 5.41) is 10.4. The number of aliphatic hydroxyl groups is 1. The molecule has 0 aromatic heterocycles. The summed E-state index contributed by atoms with van der Waals surface area (Å²) in [6.07, 6.45) is -0.649. The van der Waals surface area contributed by atoms with Crippen molar-refractivity contribution in [3.63, 3.8) is 0 Å². The van der Waals surface area contributed by atoms with Gasteiger partial charge in [0.2, 0.25) is 0 Å². The zero-order valence-electron chi connectivity index (χ0n) is 13.3. The molecule has 0 saturated carbocycles. The average molecular weight is 311 g/mol. The fraction of sp³-hybridized carbons (Fsp3) is 0.500. The van der Waals surface area contributed by atoms with Gasteiger partial charge in [-0.3, -0.25) is 0 Å². The molecule has 2 atom stereocenters. The number of hydrogen-bond donors (Lipinski definition) is 1. The van der Waals surface area contributed by atoms with Gasteiger partial charge in [0.15, 0.2) is 0 Å². The van der Waals surface area contributed by atoms with Crippen molar-refractivity contribution in [1.29, 1.82) is 0 Å². The van der Waals surface area contributed by atoms with Crippen molar-refractivity contribution in [3.05, 3.63) is 40.4 Å². The molecule has 1 N–H and O–H groups in total. The van der Waals surface area contributed by atoms with E-state index in [4.69, 9.17) is 0 Å². The Morgan fingerprint density at radius 1 is 1.20 bits per heavy atom. The zero-order valence-corrected chi connectivity index (χ0v) is 15.1. The predicted molar refractivity (Wildman–Crippen MR) is 89.9 cm³/mol. The maximum absolute atomic E-state index is 12.8. The predicted octanol–water partition coefficient (Wildman–Crippen LogP) is 3.88. The van der Waals surface area contributed by atoms with Crippen LogP contribution in [0.15, 0.2) is 39.8 Å². The molecule has 0 heterocycles. The topological polar surface area (TPSA) is 37.3 Å². The zero-order chi connectivity index (χ0) is 15.5. The minimum absolute atomic E-state index is 0.0620. The van der Waals surface area contributed by atoms with Crippen LogP contribution in [0, 0.1) is 12.8 Å². The Balaban J connectivity index is 3.21. The van der Waals surface area contributed by atoms with Crippen molar-refractivity contribution in [2.24, 2.45) is 5.92 Å². The molecule has 0 radical (unpaired) electrons. The van der Waals surface area contributed by atoms with Gasteiger partial charge in [0, 0.05) is 9.80 Å². The van der Waals surface area contributed by atoms with Crippen LogP contribution in [0.2, 0.25) is 19.6 Å². The highest BCUT2D eigenvalue weighted by Crippen LogP contribution is 2.24. The summed E-state index contributed by atoms with van der Waals surface area (Å²) in [7, 11) is -2.83. The quantitative estimate of drug-likeness (QED) is 0.838. The third-order valence-electron chi connectivity index (χ3n) is 2.95. The minimum Gasteiger partial charge on any atom is -0.388 e. The molecule has 0 aliphatic heterocycles. The Kier molecular flexibility index (Phi) is 5.92. The van der Waals surface area contributed by atoms with Crippen LogP contribution in [0.25, 0.3) is 0 Å². The second-order valence-corrected chi connectivity index (χ2v) is 13.2. The Morgan fingerprint density at radius 3 is 2.10 bits per heavy atom. The average Bonchev–Trinajstić information content (AvgIpc) is 2.34. The molecule has 112 valence electrons. The summed E-state index contributed by atoms with van der Waals surface area (Å²) in [4.78, 5) is 1.43. The highest BCUT2D eigenvalue weighted by Gasteiger charge is 2.24. The van der Waals surface area contributed by atoms with Crippen LogP contribution in [0.3, 0.4) is 0 Å². The molecule has 0 fully saturated rings. The van der Waals surface area contributed by atoms with Gasteiger partial charge in [-0.15, -0.1) is 0 Å². The van der Waals surface area contributed by atoms with E-state index in [0.29, 0.717) is 4.91 Å². The maximum atomic E-state index is 12.8. The summed E-state index contributed by atoms with van der Waals surface area (Å²) < 4.78 is 12.8. The number of benzene rings is 1. The number of rotatable bonds is 5. The van der Waals surface area contributed by atoms with E-state index in [-0.39, 0.29) is 5.92 Å². The van der Waals surface area contributed by atoms with Gasteiger partial charge in [-0.2, -0.15) is 0 Å². The van der Waals surface area contributed by atoms with Gasteiger partial charge >= 0.3 is 0 Å². The number of hydrogen-bond acceptors (Lipinski definition) is 2. The lowest BCUT2D eigenvalue weighted by Crippen LogP contribution is -2.26. The smallest absolute Gasteiger partial charge is 0.0892 e. The first-order chi connectivity index (χ1) is 9.11. The van der Waals surface area contributed by atoms with Crippen LogP contribution in [-0.2, 0) is 10.8 Å². The van der Waals surface area contributed by atoms with Gasteiger partial charge in [0.1, 0.15) is 0 Å². The molecular weight excluding hydrogens is 284 g/mol. The van der Waals surface area contributed by atoms with Gasteiger partial charge in [0.25, 0.3) is 0 Å². The van der Waals surface area contributed by atoms with Crippen molar-refractivity contribution >= 4 is 18.9 Å². The molecule has 0 aliphatic carbocycles. The lowest BCUT2D eigenvalue weighted by molar-refractivity contribution is 0.168. The monoisotopic (exact) mass is 310 g/mol. The second-order valence-electron chi connectivity index (χ2n) is 6.68. The van der Waals surface area contributed by atoms with Crippen LogP contribution in [-0.4, -0.2) is 23.5 Å². The van der Waals surface area contributed by atoms with Crippen molar-refractivity contribution in [2.45, 2.75) is 51.4 Å². The molecular formula is C16H26O2SSi. The van der Waals surface area contributed by atoms with E-state index in [2.05, 4.69) is 25.3 Å². The molecule has 2 nitrogen and oxygen atoms in total. The summed E-state index contributed by atoms with van der Waals surface area (Å²) >= 11 is 0. The molecule has 0 bridgehead atoms. The SMILES string of the molecule is Cc1ccc([S@](=O)/C(=C/[Si](C)(C)C)[C@@H](O)C(C)C)cc1. The van der Waals surface area contributed by atoms with Crippen molar-refractivity contribution in [3.8, 4) is 0 Å². The third-order valence-corrected chi connectivity index (χ3v) is 5.82. The third kappa shape index (κ3) is 5.00. The van der Waals surface area contributed by atoms with Gasteiger partial charge < -0.3 is 5.11 Å². The fourth-order valence-corrected chi connectivity index (χ4v) is 5.46. The van der Waals surface area contributed by atoms with Crippen LogP contribution in [0.4, 0.5) is 0 Å². The Bertz CT molecular complexity index is 498. The van der Waals surface area contributed by atoms with E-state index >= 15 is 0 Å². The highest BCUT2D eigenvalue weighted by atomic mass is 32.2. The molecule has 1 rings (SSSR count). The number of aliphatic hydroxyl groups excluding tert-OH is 1. The van der Waals surface area contributed by atoms with E-state index < -0.39 is 25.0 Å². The largest absolute Gasteiger partial charge is 0.388 e. The Labute approximate surface area is 126 Å². The summed E-state index contributed by atoms with van der Waals surface area (Å²) in [5.41, 5.74) is 3.22. The molecule has 0 saturated heterocycles. The van der Waals surface area contributed by atoms with Crippen LogP contribution >= 0.6 is 0 Å². The van der Waals surface area contributed by atoms with Gasteiger partial charge in [-0.05, 0) is 25.0 Å². The van der Waals surface area contributed by atoms with E-state index in [1.54, 1.807) is 0 Å². The van der Waals surface area contributed by atoms with Crippen LogP contribution < -0.4 is 0 Å². The van der Waals surface area contributed by atoms with E-state index in [1.807, 2.05) is 45.0 Å². The Morgan fingerprint density at radius 2 is 1.70 bits per heavy atom. The molecule has 1 aromatic carbocycles. The molecule has 0 spiro atoms. The fourth-order valence-electron chi connectivity index (χ4n) is 1.80. The lowest BCUT2D eigenvalue weighted by atomic mass is 10.1. The molecule has 0 aliphatic rings. The molecule has 4 heteroatoms. The minimum atomic E-state index is -1.55. The second kappa shape index (κ2) is 6.83. The van der Waals surface area contributed by atoms with E-state index in [1.165, 1.54) is 0 Å². The summed E-state index contributed by atoms with van der Waals surface area (Å²) in [5.74, 6) is 0.0620. The van der Waals surface area contributed by atoms with Crippen molar-refractivity contribution in [1.82, 2.24) is 0 Å². The maximum Gasteiger partial charge on any atom is 0.0892 e. The lowest BCUT2D eigenvalue weighted by Gasteiger charge is -2.21. The first-order valence-electron chi connectivity index (χ1n) is 7.01. The van der Waals surface area contributed by atoms with Crippen LogP contribution in [0.5, 0.6) is 0 Å². The highest BCUT2D eigenvalue weighted by molar-refractivity contribution is 7.89. The molecule has 0 unspecified atom stereocenters. The van der Waals surface area contributed by atoms with Gasteiger partial charge in [-0.1, -0.05) is 56.9 Å². The molecule has 0 amide bonds. The normalized spacial score (nSPS) is 16.3. The number of aryl methyl sites for hydroxylation is 1. The van der Waals surface area contributed by atoms with Gasteiger partial charge in [0.05, 0.1) is 25.0 Å². The Hall–Kier alpha value is -0.713. The van der Waals surface area contributed by atoms with E-state index in [0.717, 1.165) is 10.5 Å². The molecule has 20 heavy (non-hydrogen) atoms. The first kappa shape index (κ1) is 17.3.